The number of hydrogen-bond acceptors (Lipinski definition) is 4. The molecule has 1 saturated heterocycles. The van der Waals surface area contributed by atoms with Gasteiger partial charge in [0.25, 0.3) is 5.91 Å². The van der Waals surface area contributed by atoms with Crippen molar-refractivity contribution < 1.29 is 9.59 Å². The van der Waals surface area contributed by atoms with Crippen LogP contribution in [0.4, 0.5) is 5.82 Å². The van der Waals surface area contributed by atoms with Gasteiger partial charge in [0, 0.05) is 32.4 Å². The first-order valence-corrected chi connectivity index (χ1v) is 10.0. The number of anilines is 1. The summed E-state index contributed by atoms with van der Waals surface area (Å²) in [5, 5.41) is 2.90. The van der Waals surface area contributed by atoms with E-state index in [1.807, 2.05) is 23.1 Å². The third-order valence-corrected chi connectivity index (χ3v) is 5.82. The lowest BCUT2D eigenvalue weighted by molar-refractivity contribution is -0.117. The summed E-state index contributed by atoms with van der Waals surface area (Å²) >= 11 is 0. The van der Waals surface area contributed by atoms with E-state index in [4.69, 9.17) is 0 Å². The van der Waals surface area contributed by atoms with Crippen LogP contribution < -0.4 is 5.32 Å². The first-order valence-electron chi connectivity index (χ1n) is 10.0. The SMILES string of the molecule is CCN1CCN(C(=O)c2ccc(NC(=O)[C@@H]3CCc4ccccc43)nc2)CC1. The van der Waals surface area contributed by atoms with Crippen molar-refractivity contribution >= 4 is 17.6 Å². The largest absolute Gasteiger partial charge is 0.336 e. The van der Waals surface area contributed by atoms with E-state index in [0.29, 0.717) is 11.4 Å². The summed E-state index contributed by atoms with van der Waals surface area (Å²) in [7, 11) is 0. The molecule has 4 rings (SSSR count). The van der Waals surface area contributed by atoms with E-state index >= 15 is 0 Å². The number of nitrogens with one attached hydrogen (secondary N) is 1. The minimum absolute atomic E-state index is 0.00542. The van der Waals surface area contributed by atoms with Gasteiger partial charge in [0.2, 0.25) is 5.91 Å². The average Bonchev–Trinajstić information content (AvgIpc) is 3.18. The third-order valence-electron chi connectivity index (χ3n) is 5.82. The lowest BCUT2D eigenvalue weighted by Crippen LogP contribution is -2.48. The molecule has 1 N–H and O–H groups in total. The number of piperazine rings is 1. The normalized spacial score (nSPS) is 19.3. The number of rotatable bonds is 4. The number of aryl methyl sites for hydroxylation is 1. The van der Waals surface area contributed by atoms with Gasteiger partial charge < -0.3 is 15.1 Å². The Morgan fingerprint density at radius 2 is 1.89 bits per heavy atom. The molecular formula is C22H26N4O2. The zero-order chi connectivity index (χ0) is 19.5. The first-order chi connectivity index (χ1) is 13.7. The molecule has 1 aromatic carbocycles. The minimum Gasteiger partial charge on any atom is -0.336 e. The van der Waals surface area contributed by atoms with Gasteiger partial charge in [-0.15, -0.1) is 0 Å². The molecule has 2 aliphatic rings. The van der Waals surface area contributed by atoms with E-state index in [0.717, 1.165) is 51.1 Å². The number of fused-ring (bicyclic) bond motifs is 1. The Hall–Kier alpha value is -2.73. The van der Waals surface area contributed by atoms with Crippen LogP contribution in [0.3, 0.4) is 0 Å². The van der Waals surface area contributed by atoms with Crippen LogP contribution in [0, 0.1) is 0 Å². The van der Waals surface area contributed by atoms with Crippen molar-refractivity contribution in [2.45, 2.75) is 25.7 Å². The number of benzene rings is 1. The summed E-state index contributed by atoms with van der Waals surface area (Å²) < 4.78 is 0. The maximum Gasteiger partial charge on any atom is 0.255 e. The van der Waals surface area contributed by atoms with Crippen molar-refractivity contribution in [1.29, 1.82) is 0 Å². The number of likely N-dealkylation sites (N-methyl/N-ethyl adjacent to an activating group) is 1. The van der Waals surface area contributed by atoms with Crippen LogP contribution >= 0.6 is 0 Å². The number of carbonyl (C=O) groups excluding carboxylic acids is 2. The van der Waals surface area contributed by atoms with Crippen molar-refractivity contribution in [3.05, 3.63) is 59.3 Å². The van der Waals surface area contributed by atoms with Gasteiger partial charge in [0.05, 0.1) is 11.5 Å². The van der Waals surface area contributed by atoms with Gasteiger partial charge in [0.1, 0.15) is 5.82 Å². The number of pyridine rings is 1. The van der Waals surface area contributed by atoms with E-state index in [2.05, 4.69) is 28.2 Å². The van der Waals surface area contributed by atoms with Crippen LogP contribution in [-0.2, 0) is 11.2 Å². The molecule has 2 aromatic rings. The molecule has 6 nitrogen and oxygen atoms in total. The van der Waals surface area contributed by atoms with Crippen molar-refractivity contribution in [3.8, 4) is 0 Å². The zero-order valence-electron chi connectivity index (χ0n) is 16.2. The number of hydrogen-bond donors (Lipinski definition) is 1. The Morgan fingerprint density at radius 1 is 1.11 bits per heavy atom. The number of amides is 2. The topological polar surface area (TPSA) is 65.5 Å². The van der Waals surface area contributed by atoms with E-state index < -0.39 is 0 Å². The molecule has 28 heavy (non-hydrogen) atoms. The monoisotopic (exact) mass is 378 g/mol. The summed E-state index contributed by atoms with van der Waals surface area (Å²) in [6, 6.07) is 11.6. The van der Waals surface area contributed by atoms with Gasteiger partial charge in [-0.05, 0) is 42.6 Å². The molecule has 0 bridgehead atoms. The van der Waals surface area contributed by atoms with Gasteiger partial charge >= 0.3 is 0 Å². The van der Waals surface area contributed by atoms with Gasteiger partial charge in [-0.2, -0.15) is 0 Å². The Kier molecular flexibility index (Phi) is 5.39. The lowest BCUT2D eigenvalue weighted by Gasteiger charge is -2.34. The van der Waals surface area contributed by atoms with Crippen LogP contribution in [0.2, 0.25) is 0 Å². The van der Waals surface area contributed by atoms with Gasteiger partial charge in [-0.25, -0.2) is 4.98 Å². The Balaban J connectivity index is 1.37. The predicted octanol–water partition coefficient (Wildman–Crippen LogP) is 2.53. The Bertz CT molecular complexity index is 857. The molecule has 1 aliphatic heterocycles. The quantitative estimate of drug-likeness (QED) is 0.888. The van der Waals surface area contributed by atoms with Crippen LogP contribution in [-0.4, -0.2) is 59.3 Å². The van der Waals surface area contributed by atoms with E-state index in [-0.39, 0.29) is 17.7 Å². The fourth-order valence-electron chi connectivity index (χ4n) is 4.09. The van der Waals surface area contributed by atoms with Crippen molar-refractivity contribution in [2.24, 2.45) is 0 Å². The fourth-order valence-corrected chi connectivity index (χ4v) is 4.09. The van der Waals surface area contributed by atoms with E-state index in [1.165, 1.54) is 5.56 Å². The van der Waals surface area contributed by atoms with Gasteiger partial charge in [-0.3, -0.25) is 9.59 Å². The minimum atomic E-state index is -0.130. The van der Waals surface area contributed by atoms with Gasteiger partial charge in [0.15, 0.2) is 0 Å². The molecule has 1 fully saturated rings. The summed E-state index contributed by atoms with van der Waals surface area (Å²) in [5.41, 5.74) is 2.92. The van der Waals surface area contributed by atoms with Crippen molar-refractivity contribution in [2.75, 3.05) is 38.0 Å². The first kappa shape index (κ1) is 18.6. The third kappa shape index (κ3) is 3.78. The zero-order valence-corrected chi connectivity index (χ0v) is 16.2. The summed E-state index contributed by atoms with van der Waals surface area (Å²) in [5.74, 6) is 0.328. The number of carbonyl (C=O) groups is 2. The summed E-state index contributed by atoms with van der Waals surface area (Å²) in [6.07, 6.45) is 3.32. The van der Waals surface area contributed by atoms with Crippen molar-refractivity contribution in [3.63, 3.8) is 0 Å². The second-order valence-corrected chi connectivity index (χ2v) is 7.44. The van der Waals surface area contributed by atoms with Gasteiger partial charge in [-0.1, -0.05) is 31.2 Å². The number of nitrogens with zero attached hydrogens (tertiary/aromatic N) is 3. The second-order valence-electron chi connectivity index (χ2n) is 7.44. The molecule has 1 aromatic heterocycles. The maximum absolute atomic E-state index is 12.7. The highest BCUT2D eigenvalue weighted by Gasteiger charge is 2.28. The molecule has 0 spiro atoms. The molecule has 2 heterocycles. The standard InChI is InChI=1S/C22H26N4O2/c1-2-25-11-13-26(14-12-25)22(28)17-8-10-20(23-15-17)24-21(27)19-9-7-16-5-3-4-6-18(16)19/h3-6,8,10,15,19H,2,7,9,11-14H2,1H3,(H,23,24,27)/t19-/m1/s1. The van der Waals surface area contributed by atoms with Crippen LogP contribution in [0.15, 0.2) is 42.6 Å². The fraction of sp³-hybridized carbons (Fsp3) is 0.409. The second kappa shape index (κ2) is 8.10. The summed E-state index contributed by atoms with van der Waals surface area (Å²) in [6.45, 7) is 6.46. The smallest absolute Gasteiger partial charge is 0.255 e. The maximum atomic E-state index is 12.7. The Morgan fingerprint density at radius 3 is 2.61 bits per heavy atom. The van der Waals surface area contributed by atoms with E-state index in [9.17, 15) is 9.59 Å². The summed E-state index contributed by atoms with van der Waals surface area (Å²) in [4.78, 5) is 33.8. The Labute approximate surface area is 165 Å². The number of aromatic nitrogens is 1. The predicted molar refractivity (Wildman–Crippen MR) is 108 cm³/mol. The van der Waals surface area contributed by atoms with Crippen LogP contribution in [0.25, 0.3) is 0 Å². The highest BCUT2D eigenvalue weighted by Crippen LogP contribution is 2.33. The van der Waals surface area contributed by atoms with Crippen LogP contribution in [0.1, 0.15) is 40.7 Å². The van der Waals surface area contributed by atoms with Crippen molar-refractivity contribution in [1.82, 2.24) is 14.8 Å². The highest BCUT2D eigenvalue weighted by atomic mass is 16.2. The highest BCUT2D eigenvalue weighted by molar-refractivity contribution is 5.97. The molecule has 6 heteroatoms. The average molecular weight is 378 g/mol. The molecular weight excluding hydrogens is 352 g/mol. The molecule has 1 aliphatic carbocycles. The lowest BCUT2D eigenvalue weighted by atomic mass is 10.0. The molecule has 2 amide bonds. The molecule has 146 valence electrons. The van der Waals surface area contributed by atoms with E-state index in [1.54, 1.807) is 18.3 Å². The molecule has 1 atom stereocenters. The molecule has 0 unspecified atom stereocenters. The van der Waals surface area contributed by atoms with Crippen LogP contribution in [0.5, 0.6) is 0 Å². The molecule has 0 radical (unpaired) electrons. The molecule has 0 saturated carbocycles.